The van der Waals surface area contributed by atoms with Crippen molar-refractivity contribution in [3.8, 4) is 5.75 Å². The molecule has 7 heteroatoms. The van der Waals surface area contributed by atoms with E-state index in [0.717, 1.165) is 11.1 Å². The van der Waals surface area contributed by atoms with E-state index in [1.807, 2.05) is 29.2 Å². The molecular formula is C26H25FN2O4. The summed E-state index contributed by atoms with van der Waals surface area (Å²) < 4.78 is 25.3. The molecule has 1 N–H and O–H groups in total. The van der Waals surface area contributed by atoms with Crippen molar-refractivity contribution in [3.05, 3.63) is 101 Å². The highest BCUT2D eigenvalue weighted by atomic mass is 19.1. The summed E-state index contributed by atoms with van der Waals surface area (Å²) in [4.78, 5) is 26.2. The molecule has 1 heterocycles. The van der Waals surface area contributed by atoms with Crippen LogP contribution in [0.4, 0.5) is 4.39 Å². The monoisotopic (exact) mass is 448 g/mol. The van der Waals surface area contributed by atoms with Crippen LogP contribution in [0, 0.1) is 5.82 Å². The standard InChI is InChI=1S/C26H25FN2O4/c1-32-26(31)19-12-10-18(11-13-19)14-28-25(30)17-29-15-20-6-2-5-9-23(20)33-24(16-29)21-7-3-4-8-22(21)27/h2-13,24H,14-17H2,1H3,(H,28,30)/t24-/m1/s1. The molecule has 0 saturated carbocycles. The number of rotatable bonds is 6. The summed E-state index contributed by atoms with van der Waals surface area (Å²) >= 11 is 0. The van der Waals surface area contributed by atoms with Gasteiger partial charge in [0.05, 0.1) is 19.2 Å². The third kappa shape index (κ3) is 5.56. The molecule has 170 valence electrons. The Morgan fingerprint density at radius 3 is 2.55 bits per heavy atom. The number of carbonyl (C=O) groups excluding carboxylic acids is 2. The lowest BCUT2D eigenvalue weighted by Gasteiger charge is -2.24. The van der Waals surface area contributed by atoms with Crippen LogP contribution in [0.1, 0.15) is 33.2 Å². The van der Waals surface area contributed by atoms with Crippen LogP contribution in [0.3, 0.4) is 0 Å². The van der Waals surface area contributed by atoms with Crippen molar-refractivity contribution in [2.24, 2.45) is 0 Å². The summed E-state index contributed by atoms with van der Waals surface area (Å²) in [6.45, 7) is 1.36. The highest BCUT2D eigenvalue weighted by Gasteiger charge is 2.27. The minimum Gasteiger partial charge on any atom is -0.484 e. The van der Waals surface area contributed by atoms with E-state index in [-0.39, 0.29) is 18.3 Å². The Morgan fingerprint density at radius 2 is 1.79 bits per heavy atom. The van der Waals surface area contributed by atoms with Crippen molar-refractivity contribution >= 4 is 11.9 Å². The molecule has 0 spiro atoms. The average Bonchev–Trinajstić information content (AvgIpc) is 3.01. The molecule has 0 aliphatic carbocycles. The number of nitrogens with zero attached hydrogens (tertiary/aromatic N) is 1. The van der Waals surface area contributed by atoms with Crippen LogP contribution in [0.15, 0.2) is 72.8 Å². The Balaban J connectivity index is 1.43. The smallest absolute Gasteiger partial charge is 0.337 e. The molecule has 0 bridgehead atoms. The third-order valence-corrected chi connectivity index (χ3v) is 5.54. The first-order chi connectivity index (χ1) is 16.0. The van der Waals surface area contributed by atoms with Crippen molar-refractivity contribution in [1.82, 2.24) is 10.2 Å². The van der Waals surface area contributed by atoms with Crippen molar-refractivity contribution < 1.29 is 23.5 Å². The molecule has 0 radical (unpaired) electrons. The first kappa shape index (κ1) is 22.5. The number of amides is 1. The molecule has 4 rings (SSSR count). The summed E-state index contributed by atoms with van der Waals surface area (Å²) in [5, 5.41) is 2.91. The van der Waals surface area contributed by atoms with Gasteiger partial charge in [0.25, 0.3) is 0 Å². The molecule has 3 aromatic carbocycles. The summed E-state index contributed by atoms with van der Waals surface area (Å²) in [5.41, 5.74) is 2.73. The maximum Gasteiger partial charge on any atom is 0.337 e. The number of esters is 1. The predicted molar refractivity (Wildman–Crippen MR) is 121 cm³/mol. The Hall–Kier alpha value is -3.71. The molecule has 1 aliphatic heterocycles. The molecule has 6 nitrogen and oxygen atoms in total. The van der Waals surface area contributed by atoms with Gasteiger partial charge in [-0.1, -0.05) is 48.5 Å². The summed E-state index contributed by atoms with van der Waals surface area (Å²) in [6.07, 6.45) is -0.534. The third-order valence-electron chi connectivity index (χ3n) is 5.54. The van der Waals surface area contributed by atoms with Gasteiger partial charge in [0, 0.05) is 30.8 Å². The lowest BCUT2D eigenvalue weighted by atomic mass is 10.1. The summed E-state index contributed by atoms with van der Waals surface area (Å²) in [7, 11) is 1.33. The van der Waals surface area contributed by atoms with Crippen molar-refractivity contribution in [3.63, 3.8) is 0 Å². The Kier molecular flexibility index (Phi) is 7.00. The molecule has 0 unspecified atom stereocenters. The zero-order valence-corrected chi connectivity index (χ0v) is 18.3. The zero-order valence-electron chi connectivity index (χ0n) is 18.3. The number of benzene rings is 3. The van der Waals surface area contributed by atoms with Gasteiger partial charge in [-0.05, 0) is 29.8 Å². The van der Waals surface area contributed by atoms with E-state index in [2.05, 4.69) is 5.32 Å². The van der Waals surface area contributed by atoms with Gasteiger partial charge in [-0.25, -0.2) is 9.18 Å². The number of ether oxygens (including phenoxy) is 2. The van der Waals surface area contributed by atoms with Crippen molar-refractivity contribution in [1.29, 1.82) is 0 Å². The van der Waals surface area contributed by atoms with Crippen LogP contribution < -0.4 is 10.1 Å². The topological polar surface area (TPSA) is 67.9 Å². The van der Waals surface area contributed by atoms with Crippen LogP contribution >= 0.6 is 0 Å². The van der Waals surface area contributed by atoms with Gasteiger partial charge in [0.15, 0.2) is 0 Å². The zero-order chi connectivity index (χ0) is 23.2. The maximum absolute atomic E-state index is 14.5. The van der Waals surface area contributed by atoms with Crippen LogP contribution in [-0.4, -0.2) is 37.0 Å². The number of carbonyl (C=O) groups is 2. The highest BCUT2D eigenvalue weighted by Crippen LogP contribution is 2.31. The van der Waals surface area contributed by atoms with Crippen molar-refractivity contribution in [2.75, 3.05) is 20.2 Å². The van der Waals surface area contributed by atoms with Gasteiger partial charge in [0.1, 0.15) is 17.7 Å². The molecule has 3 aromatic rings. The number of methoxy groups -OCH3 is 1. The normalized spacial score (nSPS) is 15.6. The Labute approximate surface area is 191 Å². The van der Waals surface area contributed by atoms with Crippen LogP contribution in [0.25, 0.3) is 0 Å². The average molecular weight is 448 g/mol. The minimum absolute atomic E-state index is 0.142. The fraction of sp³-hybridized carbons (Fsp3) is 0.231. The molecule has 1 amide bonds. The molecule has 1 atom stereocenters. The molecular weight excluding hydrogens is 423 g/mol. The molecule has 0 fully saturated rings. The van der Waals surface area contributed by atoms with Crippen LogP contribution in [0.5, 0.6) is 5.75 Å². The molecule has 0 saturated heterocycles. The van der Waals surface area contributed by atoms with Gasteiger partial charge >= 0.3 is 5.97 Å². The van der Waals surface area contributed by atoms with Gasteiger partial charge in [0.2, 0.25) is 5.91 Å². The SMILES string of the molecule is COC(=O)c1ccc(CNC(=O)CN2Cc3ccccc3O[C@@H](c3ccccc3F)C2)cc1. The second-order valence-electron chi connectivity index (χ2n) is 7.87. The van der Waals surface area contributed by atoms with E-state index < -0.39 is 12.1 Å². The number of fused-ring (bicyclic) bond motifs is 1. The van der Waals surface area contributed by atoms with E-state index in [1.54, 1.807) is 42.5 Å². The fourth-order valence-corrected chi connectivity index (χ4v) is 3.83. The van der Waals surface area contributed by atoms with E-state index in [1.165, 1.54) is 13.2 Å². The first-order valence-corrected chi connectivity index (χ1v) is 10.7. The van der Waals surface area contributed by atoms with Crippen molar-refractivity contribution in [2.45, 2.75) is 19.2 Å². The number of halogens is 1. The number of para-hydroxylation sites is 1. The quantitative estimate of drug-likeness (QED) is 0.580. The minimum atomic E-state index is -0.534. The van der Waals surface area contributed by atoms with Gasteiger partial charge in [-0.2, -0.15) is 0 Å². The molecule has 0 aromatic heterocycles. The lowest BCUT2D eigenvalue weighted by molar-refractivity contribution is -0.122. The van der Waals surface area contributed by atoms with E-state index >= 15 is 0 Å². The summed E-state index contributed by atoms with van der Waals surface area (Å²) in [5.74, 6) is -0.196. The van der Waals surface area contributed by atoms with Gasteiger partial charge in [-0.15, -0.1) is 0 Å². The predicted octanol–water partition coefficient (Wildman–Crippen LogP) is 3.86. The first-order valence-electron chi connectivity index (χ1n) is 10.7. The van der Waals surface area contributed by atoms with E-state index in [9.17, 15) is 14.0 Å². The number of nitrogens with one attached hydrogen (secondary N) is 1. The van der Waals surface area contributed by atoms with Crippen LogP contribution in [-0.2, 0) is 22.6 Å². The fourth-order valence-electron chi connectivity index (χ4n) is 3.83. The van der Waals surface area contributed by atoms with Crippen LogP contribution in [0.2, 0.25) is 0 Å². The number of hydrogen-bond donors (Lipinski definition) is 1. The Morgan fingerprint density at radius 1 is 1.06 bits per heavy atom. The number of hydrogen-bond acceptors (Lipinski definition) is 5. The van der Waals surface area contributed by atoms with E-state index in [4.69, 9.17) is 9.47 Å². The van der Waals surface area contributed by atoms with E-state index in [0.29, 0.717) is 36.5 Å². The van der Waals surface area contributed by atoms with Gasteiger partial charge in [-0.3, -0.25) is 9.69 Å². The largest absolute Gasteiger partial charge is 0.484 e. The second kappa shape index (κ2) is 10.3. The second-order valence-corrected chi connectivity index (χ2v) is 7.87. The Bertz CT molecular complexity index is 1130. The lowest BCUT2D eigenvalue weighted by Crippen LogP contribution is -2.38. The van der Waals surface area contributed by atoms with Gasteiger partial charge < -0.3 is 14.8 Å². The molecule has 33 heavy (non-hydrogen) atoms. The molecule has 1 aliphatic rings. The maximum atomic E-state index is 14.5. The summed E-state index contributed by atoms with van der Waals surface area (Å²) in [6, 6.07) is 21.0. The highest BCUT2D eigenvalue weighted by molar-refractivity contribution is 5.89.